The molecule has 4 saturated carbocycles. The summed E-state index contributed by atoms with van der Waals surface area (Å²) in [5.41, 5.74) is 6.63. The van der Waals surface area contributed by atoms with Gasteiger partial charge in [-0.25, -0.2) is 0 Å². The monoisotopic (exact) mass is 322 g/mol. The molecule has 0 radical (unpaired) electrons. The Bertz CT molecular complexity index is 328. The van der Waals surface area contributed by atoms with Gasteiger partial charge in [0.25, 0.3) is 0 Å². The van der Waals surface area contributed by atoms with Crippen LogP contribution in [0.5, 0.6) is 0 Å². The lowest BCUT2D eigenvalue weighted by molar-refractivity contribution is -0.108. The molecule has 4 atom stereocenters. The van der Waals surface area contributed by atoms with E-state index in [-0.39, 0.29) is 0 Å². The van der Waals surface area contributed by atoms with E-state index in [4.69, 9.17) is 5.73 Å². The average molecular weight is 323 g/mol. The highest BCUT2D eigenvalue weighted by Crippen LogP contribution is 2.60. The van der Waals surface area contributed by atoms with Crippen LogP contribution in [-0.2, 0) is 0 Å². The maximum atomic E-state index is 6.02. The van der Waals surface area contributed by atoms with Crippen molar-refractivity contribution in [1.82, 2.24) is 5.32 Å². The molecule has 0 aromatic rings. The quantitative estimate of drug-likeness (QED) is 0.757. The maximum Gasteiger partial charge on any atom is 0.00702 e. The van der Waals surface area contributed by atoms with E-state index in [0.29, 0.717) is 11.5 Å². The fourth-order valence-corrected chi connectivity index (χ4v) is 5.20. The van der Waals surface area contributed by atoms with Gasteiger partial charge in [-0.1, -0.05) is 59.8 Å². The summed E-state index contributed by atoms with van der Waals surface area (Å²) in [4.78, 5) is 0. The molecule has 2 bridgehead atoms. The Kier molecular flexibility index (Phi) is 7.41. The Morgan fingerprint density at radius 2 is 1.61 bits per heavy atom. The minimum atomic E-state index is 0.492. The van der Waals surface area contributed by atoms with Gasteiger partial charge >= 0.3 is 0 Å². The first-order valence-electron chi connectivity index (χ1n) is 10.5. The van der Waals surface area contributed by atoms with Crippen molar-refractivity contribution < 1.29 is 0 Å². The van der Waals surface area contributed by atoms with Gasteiger partial charge in [-0.3, -0.25) is 0 Å². The lowest BCUT2D eigenvalue weighted by Gasteiger charge is -2.61. The number of nitrogens with two attached hydrogens (primary N) is 1. The second-order valence-electron chi connectivity index (χ2n) is 9.12. The molecule has 0 aromatic carbocycles. The molecule has 0 amide bonds. The summed E-state index contributed by atoms with van der Waals surface area (Å²) in [5, 5.41) is 3.64. The van der Waals surface area contributed by atoms with E-state index >= 15 is 0 Å². The molecule has 2 heteroatoms. The predicted octanol–water partition coefficient (Wildman–Crippen LogP) is 5.11. The first-order chi connectivity index (χ1) is 11.0. The summed E-state index contributed by atoms with van der Waals surface area (Å²) in [5.74, 6) is 2.60. The van der Waals surface area contributed by atoms with Crippen LogP contribution in [0.1, 0.15) is 91.9 Å². The first kappa shape index (κ1) is 19.2. The highest BCUT2D eigenvalue weighted by Gasteiger charge is 2.55. The minimum absolute atomic E-state index is 0.492. The molecule has 2 nitrogen and oxygen atoms in total. The number of nitrogens with one attached hydrogen (secondary N) is 1. The molecule has 23 heavy (non-hydrogen) atoms. The topological polar surface area (TPSA) is 38.0 Å². The van der Waals surface area contributed by atoms with Crippen molar-refractivity contribution >= 4 is 0 Å². The normalized spacial score (nSPS) is 36.9. The van der Waals surface area contributed by atoms with E-state index in [1.54, 1.807) is 0 Å². The SMILES string of the molecule is CCCNC1CCCCCCC1.C[C@H]1[C@H](N)C[C@@H]2C[C@H]1C2(C)C. The van der Waals surface area contributed by atoms with Gasteiger partial charge in [0, 0.05) is 12.1 Å². The number of hydrogen-bond acceptors (Lipinski definition) is 2. The Labute approximate surface area is 145 Å². The third-order valence-electron chi connectivity index (χ3n) is 7.20. The van der Waals surface area contributed by atoms with E-state index < -0.39 is 0 Å². The van der Waals surface area contributed by atoms with Gasteiger partial charge in [0.1, 0.15) is 0 Å². The summed E-state index contributed by atoms with van der Waals surface area (Å²) < 4.78 is 0. The van der Waals surface area contributed by atoms with Crippen molar-refractivity contribution in [2.75, 3.05) is 6.54 Å². The number of hydrogen-bond donors (Lipinski definition) is 2. The van der Waals surface area contributed by atoms with E-state index in [9.17, 15) is 0 Å². The van der Waals surface area contributed by atoms with Crippen molar-refractivity contribution in [1.29, 1.82) is 0 Å². The molecule has 0 unspecified atom stereocenters. The smallest absolute Gasteiger partial charge is 0.00702 e. The molecule has 4 aliphatic carbocycles. The molecule has 4 fully saturated rings. The summed E-state index contributed by atoms with van der Waals surface area (Å²) in [6.45, 7) is 10.6. The zero-order chi connectivity index (χ0) is 16.9. The van der Waals surface area contributed by atoms with Crippen LogP contribution in [0.3, 0.4) is 0 Å². The van der Waals surface area contributed by atoms with Gasteiger partial charge < -0.3 is 11.1 Å². The van der Waals surface area contributed by atoms with Gasteiger partial charge in [0.2, 0.25) is 0 Å². The first-order valence-corrected chi connectivity index (χ1v) is 10.5. The van der Waals surface area contributed by atoms with Crippen LogP contribution in [0.4, 0.5) is 0 Å². The molecular weight excluding hydrogens is 280 g/mol. The fraction of sp³-hybridized carbons (Fsp3) is 1.00. The van der Waals surface area contributed by atoms with Crippen LogP contribution in [0.15, 0.2) is 0 Å². The van der Waals surface area contributed by atoms with Crippen molar-refractivity contribution in [2.24, 2.45) is 28.9 Å². The second-order valence-corrected chi connectivity index (χ2v) is 9.12. The van der Waals surface area contributed by atoms with Crippen LogP contribution < -0.4 is 11.1 Å². The van der Waals surface area contributed by atoms with E-state index in [2.05, 4.69) is 33.0 Å². The van der Waals surface area contributed by atoms with E-state index in [0.717, 1.165) is 23.8 Å². The van der Waals surface area contributed by atoms with E-state index in [1.165, 1.54) is 70.8 Å². The van der Waals surface area contributed by atoms with Crippen molar-refractivity contribution in [3.05, 3.63) is 0 Å². The van der Waals surface area contributed by atoms with Gasteiger partial charge in [-0.2, -0.15) is 0 Å². The molecule has 0 heterocycles. The van der Waals surface area contributed by atoms with Gasteiger partial charge in [-0.05, 0) is 61.8 Å². The van der Waals surface area contributed by atoms with Gasteiger partial charge in [0.05, 0.1) is 0 Å². The predicted molar refractivity (Wildman–Crippen MR) is 102 cm³/mol. The largest absolute Gasteiger partial charge is 0.327 e. The summed E-state index contributed by atoms with van der Waals surface area (Å²) in [6, 6.07) is 1.33. The molecule has 3 N–H and O–H groups in total. The zero-order valence-electron chi connectivity index (χ0n) is 16.2. The highest BCUT2D eigenvalue weighted by atomic mass is 14.9. The summed E-state index contributed by atoms with van der Waals surface area (Å²) in [7, 11) is 0. The molecule has 0 saturated heterocycles. The average Bonchev–Trinajstić information content (AvgIpc) is 2.49. The second kappa shape index (κ2) is 8.85. The Hall–Kier alpha value is -0.0800. The van der Waals surface area contributed by atoms with Crippen LogP contribution >= 0.6 is 0 Å². The molecule has 4 rings (SSSR count). The van der Waals surface area contributed by atoms with Crippen molar-refractivity contribution in [3.8, 4) is 0 Å². The summed E-state index contributed by atoms with van der Waals surface area (Å²) >= 11 is 0. The zero-order valence-corrected chi connectivity index (χ0v) is 16.2. The molecule has 0 aromatic heterocycles. The third-order valence-corrected chi connectivity index (χ3v) is 7.20. The van der Waals surface area contributed by atoms with Gasteiger partial charge in [-0.15, -0.1) is 0 Å². The van der Waals surface area contributed by atoms with Crippen molar-refractivity contribution in [2.45, 2.75) is 104 Å². The molecule has 0 aliphatic heterocycles. The fourth-order valence-electron chi connectivity index (χ4n) is 5.20. The Morgan fingerprint density at radius 1 is 1.00 bits per heavy atom. The Morgan fingerprint density at radius 3 is 2.09 bits per heavy atom. The molecule has 4 aliphatic rings. The highest BCUT2D eigenvalue weighted by molar-refractivity contribution is 5.06. The van der Waals surface area contributed by atoms with Crippen LogP contribution in [-0.4, -0.2) is 18.6 Å². The molecule has 136 valence electrons. The van der Waals surface area contributed by atoms with Crippen LogP contribution in [0.25, 0.3) is 0 Å². The van der Waals surface area contributed by atoms with E-state index in [1.807, 2.05) is 0 Å². The maximum absolute atomic E-state index is 6.02. The van der Waals surface area contributed by atoms with Gasteiger partial charge in [0.15, 0.2) is 0 Å². The number of fused-ring (bicyclic) bond motifs is 2. The minimum Gasteiger partial charge on any atom is -0.327 e. The summed E-state index contributed by atoms with van der Waals surface area (Å²) in [6.07, 6.45) is 14.1. The van der Waals surface area contributed by atoms with Crippen LogP contribution in [0, 0.1) is 23.2 Å². The lowest BCUT2D eigenvalue weighted by atomic mass is 9.45. The van der Waals surface area contributed by atoms with Crippen LogP contribution in [0.2, 0.25) is 0 Å². The van der Waals surface area contributed by atoms with Crippen molar-refractivity contribution in [3.63, 3.8) is 0 Å². The molecule has 0 spiro atoms. The number of rotatable bonds is 3. The lowest BCUT2D eigenvalue weighted by Crippen LogP contribution is -2.58. The standard InChI is InChI=1S/C11H23N.C10H19N/c1-2-10-12-11-8-6-4-3-5-7-9-11;1-6-8-4-7(5-9(6)11)10(8,2)3/h11-12H,2-10H2,1H3;6-9H,4-5,11H2,1-3H3/t;6-,7+,8-,9-/m.1/s1. The Balaban J connectivity index is 0.000000167. The molecular formula is C21H42N2. The third kappa shape index (κ3) is 4.95.